The highest BCUT2D eigenvalue weighted by molar-refractivity contribution is 7.99. The smallest absolute Gasteiger partial charge is 0.0707 e. The zero-order valence-corrected chi connectivity index (χ0v) is 12.8. The van der Waals surface area contributed by atoms with Gasteiger partial charge in [-0.3, -0.25) is 0 Å². The van der Waals surface area contributed by atoms with Crippen molar-refractivity contribution < 1.29 is 5.11 Å². The van der Waals surface area contributed by atoms with Crippen LogP contribution in [0.5, 0.6) is 0 Å². The molecule has 1 atom stereocenters. The quantitative estimate of drug-likeness (QED) is 0.882. The van der Waals surface area contributed by atoms with Crippen LogP contribution in [0, 0.1) is 0 Å². The van der Waals surface area contributed by atoms with Gasteiger partial charge in [0.15, 0.2) is 0 Å². The van der Waals surface area contributed by atoms with Gasteiger partial charge in [0.1, 0.15) is 0 Å². The molecule has 0 aliphatic heterocycles. The van der Waals surface area contributed by atoms with Crippen molar-refractivity contribution in [3.63, 3.8) is 0 Å². The van der Waals surface area contributed by atoms with Gasteiger partial charge in [0.25, 0.3) is 0 Å². The summed E-state index contributed by atoms with van der Waals surface area (Å²) in [6.07, 6.45) is 0.395. The lowest BCUT2D eigenvalue weighted by Gasteiger charge is -2.16. The van der Waals surface area contributed by atoms with Crippen molar-refractivity contribution in [1.82, 2.24) is 4.90 Å². The molecule has 0 aliphatic carbocycles. The molecule has 0 radical (unpaired) electrons. The minimum absolute atomic E-state index is 0.308. The largest absolute Gasteiger partial charge is 0.391 e. The lowest BCUT2D eigenvalue weighted by Crippen LogP contribution is -2.27. The van der Waals surface area contributed by atoms with Crippen LogP contribution < -0.4 is 0 Å². The van der Waals surface area contributed by atoms with Gasteiger partial charge in [-0.05, 0) is 50.3 Å². The average molecular weight is 287 g/mol. The van der Waals surface area contributed by atoms with E-state index in [0.29, 0.717) is 13.0 Å². The van der Waals surface area contributed by atoms with Crippen LogP contribution in [0.3, 0.4) is 0 Å². The van der Waals surface area contributed by atoms with E-state index in [1.165, 1.54) is 15.4 Å². The van der Waals surface area contributed by atoms with E-state index in [1.54, 1.807) is 11.8 Å². The molecular formula is C17H21NOS. The molecule has 0 spiro atoms. The Morgan fingerprint density at radius 3 is 2.15 bits per heavy atom. The van der Waals surface area contributed by atoms with Crippen LogP contribution in [0.25, 0.3) is 0 Å². The molecule has 0 heterocycles. The van der Waals surface area contributed by atoms with Crippen molar-refractivity contribution in [2.45, 2.75) is 22.3 Å². The number of hydrogen-bond acceptors (Lipinski definition) is 3. The summed E-state index contributed by atoms with van der Waals surface area (Å²) >= 11 is 1.76. The van der Waals surface area contributed by atoms with Crippen molar-refractivity contribution in [2.24, 2.45) is 0 Å². The molecule has 3 heteroatoms. The molecule has 0 saturated heterocycles. The van der Waals surface area contributed by atoms with Crippen LogP contribution in [0.15, 0.2) is 64.4 Å². The van der Waals surface area contributed by atoms with Gasteiger partial charge in [-0.15, -0.1) is 0 Å². The summed E-state index contributed by atoms with van der Waals surface area (Å²) in [5, 5.41) is 9.93. The number of rotatable bonds is 6. The number of hydrogen-bond donors (Lipinski definition) is 1. The molecule has 0 aliphatic rings. The van der Waals surface area contributed by atoms with Gasteiger partial charge in [0.05, 0.1) is 6.10 Å². The SMILES string of the molecule is CN(C)CC(O)Cc1ccc(Sc2ccccc2)cc1. The van der Waals surface area contributed by atoms with Crippen LogP contribution in [0.1, 0.15) is 5.56 Å². The summed E-state index contributed by atoms with van der Waals surface area (Å²) in [4.78, 5) is 4.47. The third-order valence-electron chi connectivity index (χ3n) is 2.95. The topological polar surface area (TPSA) is 23.5 Å². The lowest BCUT2D eigenvalue weighted by atomic mass is 10.1. The van der Waals surface area contributed by atoms with Gasteiger partial charge < -0.3 is 10.0 Å². The summed E-state index contributed by atoms with van der Waals surface area (Å²) in [6, 6.07) is 18.8. The first-order valence-corrected chi connectivity index (χ1v) is 7.60. The summed E-state index contributed by atoms with van der Waals surface area (Å²) < 4.78 is 0. The van der Waals surface area contributed by atoms with E-state index >= 15 is 0 Å². The molecule has 0 amide bonds. The Bertz CT molecular complexity index is 510. The molecule has 20 heavy (non-hydrogen) atoms. The molecule has 0 fully saturated rings. The van der Waals surface area contributed by atoms with E-state index in [4.69, 9.17) is 0 Å². The molecule has 0 bridgehead atoms. The second-order valence-electron chi connectivity index (χ2n) is 5.18. The van der Waals surface area contributed by atoms with Gasteiger partial charge in [0, 0.05) is 16.3 Å². The average Bonchev–Trinajstić information content (AvgIpc) is 2.41. The highest BCUT2D eigenvalue weighted by Gasteiger charge is 2.07. The first-order chi connectivity index (χ1) is 9.63. The van der Waals surface area contributed by atoms with Crippen molar-refractivity contribution in [2.75, 3.05) is 20.6 Å². The third-order valence-corrected chi connectivity index (χ3v) is 3.97. The normalized spacial score (nSPS) is 12.6. The van der Waals surface area contributed by atoms with E-state index in [1.807, 2.05) is 37.2 Å². The molecule has 2 nitrogen and oxygen atoms in total. The zero-order valence-electron chi connectivity index (χ0n) is 12.0. The summed E-state index contributed by atoms with van der Waals surface area (Å²) in [5.41, 5.74) is 1.18. The van der Waals surface area contributed by atoms with Gasteiger partial charge >= 0.3 is 0 Å². The molecule has 1 unspecified atom stereocenters. The zero-order chi connectivity index (χ0) is 14.4. The van der Waals surface area contributed by atoms with Crippen molar-refractivity contribution in [1.29, 1.82) is 0 Å². The molecule has 106 valence electrons. The second kappa shape index (κ2) is 7.48. The number of nitrogens with zero attached hydrogens (tertiary/aromatic N) is 1. The molecule has 0 saturated carbocycles. The van der Waals surface area contributed by atoms with E-state index in [0.717, 1.165) is 0 Å². The minimum atomic E-state index is -0.308. The fraction of sp³-hybridized carbons (Fsp3) is 0.294. The molecular weight excluding hydrogens is 266 g/mol. The van der Waals surface area contributed by atoms with Crippen molar-refractivity contribution in [3.05, 3.63) is 60.2 Å². The second-order valence-corrected chi connectivity index (χ2v) is 6.33. The monoisotopic (exact) mass is 287 g/mol. The van der Waals surface area contributed by atoms with E-state index in [-0.39, 0.29) is 6.10 Å². The van der Waals surface area contributed by atoms with E-state index < -0.39 is 0 Å². The molecule has 2 rings (SSSR count). The number of aliphatic hydroxyl groups excluding tert-OH is 1. The predicted octanol–water partition coefficient (Wildman–Crippen LogP) is 3.30. The van der Waals surface area contributed by atoms with Crippen LogP contribution in [0.2, 0.25) is 0 Å². The van der Waals surface area contributed by atoms with Gasteiger partial charge in [-0.1, -0.05) is 42.1 Å². The number of aliphatic hydroxyl groups is 1. The van der Waals surface area contributed by atoms with Crippen LogP contribution in [-0.2, 0) is 6.42 Å². The Kier molecular flexibility index (Phi) is 5.65. The van der Waals surface area contributed by atoms with E-state index in [2.05, 4.69) is 36.4 Å². The third kappa shape index (κ3) is 5.00. The first kappa shape index (κ1) is 15.1. The van der Waals surface area contributed by atoms with Crippen molar-refractivity contribution in [3.8, 4) is 0 Å². The molecule has 2 aromatic rings. The Morgan fingerprint density at radius 1 is 0.950 bits per heavy atom. The summed E-state index contributed by atoms with van der Waals surface area (Å²) in [6.45, 7) is 0.695. The Labute approximate surface area is 125 Å². The molecule has 1 N–H and O–H groups in total. The fourth-order valence-corrected chi connectivity index (χ4v) is 2.91. The lowest BCUT2D eigenvalue weighted by molar-refractivity contribution is 0.137. The summed E-state index contributed by atoms with van der Waals surface area (Å²) in [5.74, 6) is 0. The highest BCUT2D eigenvalue weighted by atomic mass is 32.2. The maximum Gasteiger partial charge on any atom is 0.0707 e. The van der Waals surface area contributed by atoms with Crippen LogP contribution in [0.4, 0.5) is 0 Å². The minimum Gasteiger partial charge on any atom is -0.391 e. The number of benzene rings is 2. The van der Waals surface area contributed by atoms with Gasteiger partial charge in [-0.2, -0.15) is 0 Å². The predicted molar refractivity (Wildman–Crippen MR) is 85.3 cm³/mol. The first-order valence-electron chi connectivity index (χ1n) is 6.78. The maximum absolute atomic E-state index is 9.93. The Morgan fingerprint density at radius 2 is 1.55 bits per heavy atom. The van der Waals surface area contributed by atoms with Gasteiger partial charge in [-0.25, -0.2) is 0 Å². The van der Waals surface area contributed by atoms with Crippen molar-refractivity contribution >= 4 is 11.8 Å². The van der Waals surface area contributed by atoms with Crippen LogP contribution in [-0.4, -0.2) is 36.8 Å². The summed E-state index contributed by atoms with van der Waals surface area (Å²) in [7, 11) is 3.95. The highest BCUT2D eigenvalue weighted by Crippen LogP contribution is 2.27. The van der Waals surface area contributed by atoms with Gasteiger partial charge in [0.2, 0.25) is 0 Å². The number of likely N-dealkylation sites (N-methyl/N-ethyl adjacent to an activating group) is 1. The van der Waals surface area contributed by atoms with E-state index in [9.17, 15) is 5.11 Å². The van der Waals surface area contributed by atoms with Crippen LogP contribution >= 0.6 is 11.8 Å². The standard InChI is InChI=1S/C17H21NOS/c1-18(2)13-15(19)12-14-8-10-17(11-9-14)20-16-6-4-3-5-7-16/h3-11,15,19H,12-13H2,1-2H3. The fourth-order valence-electron chi connectivity index (χ4n) is 2.08. The maximum atomic E-state index is 9.93. The Hall–Kier alpha value is -1.29. The molecule has 2 aromatic carbocycles. The Balaban J connectivity index is 1.93. The molecule has 0 aromatic heterocycles.